The van der Waals surface area contributed by atoms with E-state index in [1.807, 2.05) is 19.1 Å². The zero-order valence-electron chi connectivity index (χ0n) is 14.5. The zero-order valence-corrected chi connectivity index (χ0v) is 14.5. The summed E-state index contributed by atoms with van der Waals surface area (Å²) in [5.41, 5.74) is 0. The summed E-state index contributed by atoms with van der Waals surface area (Å²) in [5.74, 6) is -2.59. The Kier molecular flexibility index (Phi) is 7.34. The van der Waals surface area contributed by atoms with Gasteiger partial charge in [-0.3, -0.25) is 4.79 Å². The van der Waals surface area contributed by atoms with Crippen LogP contribution < -0.4 is 0 Å². The van der Waals surface area contributed by atoms with E-state index >= 15 is 0 Å². The molecule has 0 aromatic rings. The van der Waals surface area contributed by atoms with Crippen LogP contribution in [0.1, 0.15) is 51.9 Å². The minimum absolute atomic E-state index is 0.194. The Morgan fingerprint density at radius 3 is 2.40 bits per heavy atom. The lowest BCUT2D eigenvalue weighted by atomic mass is 9.78. The topological polar surface area (TPSA) is 50.1 Å². The van der Waals surface area contributed by atoms with Crippen LogP contribution in [-0.4, -0.2) is 30.6 Å². The van der Waals surface area contributed by atoms with E-state index in [-0.39, 0.29) is 18.8 Å². The number of halogens is 3. The maximum absolute atomic E-state index is 14.4. The van der Waals surface area contributed by atoms with Crippen LogP contribution in [-0.2, 0) is 9.53 Å². The lowest BCUT2D eigenvalue weighted by Gasteiger charge is -2.34. The Labute approximate surface area is 147 Å². The van der Waals surface area contributed by atoms with E-state index in [0.29, 0.717) is 12.8 Å². The van der Waals surface area contributed by atoms with Crippen LogP contribution in [0, 0.1) is 29.1 Å². The molecule has 25 heavy (non-hydrogen) atoms. The van der Waals surface area contributed by atoms with Gasteiger partial charge in [-0.25, -0.2) is 13.2 Å². The van der Waals surface area contributed by atoms with E-state index in [9.17, 15) is 18.0 Å². The Bertz CT molecular complexity index is 507. The zero-order chi connectivity index (χ0) is 18.4. The quantitative estimate of drug-likeness (QED) is 0.533. The monoisotopic (exact) mass is 357 g/mol. The molecular formula is C19H26F3NO2. The SMILES string of the molecule is C/C=C/CCC1CCC(C(=O)OC2CC(F)C(C#N)C(F)C2)C(F)C1. The van der Waals surface area contributed by atoms with E-state index in [4.69, 9.17) is 10.00 Å². The minimum atomic E-state index is -1.66. The predicted molar refractivity (Wildman–Crippen MR) is 87.8 cm³/mol. The van der Waals surface area contributed by atoms with Crippen LogP contribution in [0.25, 0.3) is 0 Å². The van der Waals surface area contributed by atoms with Crippen molar-refractivity contribution >= 4 is 5.97 Å². The van der Waals surface area contributed by atoms with Gasteiger partial charge in [0, 0.05) is 12.8 Å². The van der Waals surface area contributed by atoms with Crippen LogP contribution in [0.2, 0.25) is 0 Å². The molecule has 3 nitrogen and oxygen atoms in total. The van der Waals surface area contributed by atoms with Crippen LogP contribution >= 0.6 is 0 Å². The van der Waals surface area contributed by atoms with Crippen molar-refractivity contribution in [2.75, 3.05) is 0 Å². The van der Waals surface area contributed by atoms with Gasteiger partial charge in [0.1, 0.15) is 30.5 Å². The van der Waals surface area contributed by atoms with Crippen molar-refractivity contribution in [2.24, 2.45) is 17.8 Å². The molecule has 0 aromatic heterocycles. The van der Waals surface area contributed by atoms with Gasteiger partial charge >= 0.3 is 5.97 Å². The number of esters is 1. The van der Waals surface area contributed by atoms with Crippen LogP contribution in [0.4, 0.5) is 13.2 Å². The molecule has 0 N–H and O–H groups in total. The second-order valence-corrected chi connectivity index (χ2v) is 7.17. The van der Waals surface area contributed by atoms with Gasteiger partial charge in [0.2, 0.25) is 0 Å². The van der Waals surface area contributed by atoms with Gasteiger partial charge < -0.3 is 4.74 Å². The Hall–Kier alpha value is -1.51. The number of hydrogen-bond donors (Lipinski definition) is 0. The first-order valence-corrected chi connectivity index (χ1v) is 9.09. The highest BCUT2D eigenvalue weighted by molar-refractivity contribution is 5.73. The number of hydrogen-bond acceptors (Lipinski definition) is 3. The van der Waals surface area contributed by atoms with Gasteiger partial charge in [0.05, 0.1) is 12.0 Å². The number of nitrogens with zero attached hydrogens (tertiary/aromatic N) is 1. The van der Waals surface area contributed by atoms with Gasteiger partial charge in [-0.05, 0) is 44.9 Å². The van der Waals surface area contributed by atoms with E-state index in [0.717, 1.165) is 19.3 Å². The molecule has 0 amide bonds. The molecule has 2 aliphatic carbocycles. The van der Waals surface area contributed by atoms with Gasteiger partial charge in [-0.1, -0.05) is 12.2 Å². The molecule has 0 aliphatic heterocycles. The van der Waals surface area contributed by atoms with E-state index in [2.05, 4.69) is 0 Å². The molecule has 140 valence electrons. The molecule has 2 aliphatic rings. The van der Waals surface area contributed by atoms with Crippen molar-refractivity contribution in [1.82, 2.24) is 0 Å². The first-order valence-electron chi connectivity index (χ1n) is 9.09. The van der Waals surface area contributed by atoms with E-state index in [1.54, 1.807) is 6.07 Å². The highest BCUT2D eigenvalue weighted by atomic mass is 19.1. The summed E-state index contributed by atoms with van der Waals surface area (Å²) in [7, 11) is 0. The third kappa shape index (κ3) is 5.23. The van der Waals surface area contributed by atoms with Gasteiger partial charge in [-0.15, -0.1) is 0 Å². The normalized spacial score (nSPS) is 39.1. The highest BCUT2D eigenvalue weighted by Gasteiger charge is 2.42. The minimum Gasteiger partial charge on any atom is -0.462 e. The number of carbonyl (C=O) groups is 1. The van der Waals surface area contributed by atoms with Crippen molar-refractivity contribution in [3.63, 3.8) is 0 Å². The molecule has 0 saturated heterocycles. The molecule has 0 aromatic carbocycles. The standard InChI is InChI=1S/C19H26F3NO2/c1-2-3-4-5-12-6-7-14(16(20)8-12)19(24)25-13-9-17(21)15(11-23)18(22)10-13/h2-3,12-18H,4-10H2,1H3/b3-2+. The summed E-state index contributed by atoms with van der Waals surface area (Å²) in [6.07, 6.45) is 1.43. The molecule has 5 unspecified atom stereocenters. The van der Waals surface area contributed by atoms with Crippen LogP contribution in [0.5, 0.6) is 0 Å². The summed E-state index contributed by atoms with van der Waals surface area (Å²) < 4.78 is 47.1. The summed E-state index contributed by atoms with van der Waals surface area (Å²) in [6, 6.07) is 1.62. The third-order valence-electron chi connectivity index (χ3n) is 5.35. The molecule has 0 spiro atoms. The van der Waals surface area contributed by atoms with Crippen molar-refractivity contribution in [3.05, 3.63) is 12.2 Å². The Morgan fingerprint density at radius 1 is 1.16 bits per heavy atom. The fraction of sp³-hybridized carbons (Fsp3) is 0.789. The number of alkyl halides is 3. The molecular weight excluding hydrogens is 331 g/mol. The summed E-state index contributed by atoms with van der Waals surface area (Å²) >= 11 is 0. The van der Waals surface area contributed by atoms with Crippen LogP contribution in [0.15, 0.2) is 12.2 Å². The fourth-order valence-electron chi connectivity index (χ4n) is 3.85. The average molecular weight is 357 g/mol. The second-order valence-electron chi connectivity index (χ2n) is 7.17. The smallest absolute Gasteiger partial charge is 0.312 e. The maximum Gasteiger partial charge on any atom is 0.312 e. The number of nitriles is 1. The van der Waals surface area contributed by atoms with Crippen molar-refractivity contribution in [2.45, 2.75) is 76.5 Å². The lowest BCUT2D eigenvalue weighted by molar-refractivity contribution is -0.162. The number of ether oxygens (including phenoxy) is 1. The number of carbonyl (C=O) groups excluding carboxylic acids is 1. The van der Waals surface area contributed by atoms with Gasteiger partial charge in [0.15, 0.2) is 0 Å². The molecule has 5 atom stereocenters. The third-order valence-corrected chi connectivity index (χ3v) is 5.35. The molecule has 6 heteroatoms. The highest BCUT2D eigenvalue weighted by Crippen LogP contribution is 2.36. The number of rotatable bonds is 5. The van der Waals surface area contributed by atoms with Crippen molar-refractivity contribution in [1.29, 1.82) is 5.26 Å². The summed E-state index contributed by atoms with van der Waals surface area (Å²) in [5, 5.41) is 8.75. The van der Waals surface area contributed by atoms with E-state index in [1.165, 1.54) is 0 Å². The predicted octanol–water partition coefficient (Wildman–Crippen LogP) is 4.62. The van der Waals surface area contributed by atoms with Crippen LogP contribution in [0.3, 0.4) is 0 Å². The molecule has 0 radical (unpaired) electrons. The lowest BCUT2D eigenvalue weighted by Crippen LogP contribution is -2.41. The fourth-order valence-corrected chi connectivity index (χ4v) is 3.85. The Balaban J connectivity index is 1.82. The first-order chi connectivity index (χ1) is 12.0. The average Bonchev–Trinajstić information content (AvgIpc) is 2.55. The Morgan fingerprint density at radius 2 is 1.84 bits per heavy atom. The van der Waals surface area contributed by atoms with Crippen molar-refractivity contribution in [3.8, 4) is 6.07 Å². The first kappa shape index (κ1) is 19.8. The van der Waals surface area contributed by atoms with E-state index < -0.39 is 42.4 Å². The second kappa shape index (κ2) is 9.26. The molecule has 0 bridgehead atoms. The van der Waals surface area contributed by atoms with Gasteiger partial charge in [0.25, 0.3) is 0 Å². The number of allylic oxidation sites excluding steroid dienone is 2. The molecule has 0 heterocycles. The molecule has 2 rings (SSSR count). The summed E-state index contributed by atoms with van der Waals surface area (Å²) in [6.45, 7) is 1.94. The molecule has 2 saturated carbocycles. The maximum atomic E-state index is 14.4. The summed E-state index contributed by atoms with van der Waals surface area (Å²) in [4.78, 5) is 12.2. The molecule has 2 fully saturated rings. The largest absolute Gasteiger partial charge is 0.462 e. The van der Waals surface area contributed by atoms with Gasteiger partial charge in [-0.2, -0.15) is 5.26 Å². The van der Waals surface area contributed by atoms with Crippen molar-refractivity contribution < 1.29 is 22.7 Å².